The van der Waals surface area contributed by atoms with E-state index < -0.39 is 0 Å². The van der Waals surface area contributed by atoms with Gasteiger partial charge in [0.1, 0.15) is 5.75 Å². The van der Waals surface area contributed by atoms with Crippen LogP contribution in [-0.4, -0.2) is 75.2 Å². The van der Waals surface area contributed by atoms with Crippen LogP contribution in [0.1, 0.15) is 30.1 Å². The summed E-state index contributed by atoms with van der Waals surface area (Å²) >= 11 is 0. The average Bonchev–Trinajstić information content (AvgIpc) is 3.43. The number of nitrogens with zero attached hydrogens (tertiary/aromatic N) is 3. The van der Waals surface area contributed by atoms with Crippen LogP contribution in [0.25, 0.3) is 0 Å². The zero-order valence-electron chi connectivity index (χ0n) is 20.3. The number of hydrogen-bond acceptors (Lipinski definition) is 5. The molecule has 0 aliphatic carbocycles. The lowest BCUT2D eigenvalue weighted by Gasteiger charge is -2.36. The third kappa shape index (κ3) is 6.39. The van der Waals surface area contributed by atoms with Gasteiger partial charge in [-0.25, -0.2) is 0 Å². The van der Waals surface area contributed by atoms with Gasteiger partial charge in [-0.15, -0.1) is 6.58 Å². The highest BCUT2D eigenvalue weighted by molar-refractivity contribution is 5.79. The van der Waals surface area contributed by atoms with Crippen LogP contribution < -0.4 is 9.64 Å². The maximum absolute atomic E-state index is 12.8. The lowest BCUT2D eigenvalue weighted by Crippen LogP contribution is -2.50. The van der Waals surface area contributed by atoms with Gasteiger partial charge in [-0.1, -0.05) is 30.3 Å². The molecule has 2 heterocycles. The second-order valence-electron chi connectivity index (χ2n) is 9.11. The average molecular weight is 464 g/mol. The van der Waals surface area contributed by atoms with Gasteiger partial charge in [-0.3, -0.25) is 9.69 Å². The second-order valence-corrected chi connectivity index (χ2v) is 9.11. The minimum atomic E-state index is -0.0119. The van der Waals surface area contributed by atoms with E-state index in [1.165, 1.54) is 24.1 Å². The molecular formula is C28H37N3O3. The number of ether oxygens (including phenoxy) is 2. The van der Waals surface area contributed by atoms with Crippen molar-refractivity contribution in [2.45, 2.75) is 25.4 Å². The SMILES string of the molecule is C=CCOC(CN1CCN(C(=O)Cc2ccc(OC)cc2)CC1)c1cccc(N2CCCC2)c1. The first-order valence-corrected chi connectivity index (χ1v) is 12.4. The molecular weight excluding hydrogens is 426 g/mol. The number of hydrogen-bond donors (Lipinski definition) is 0. The molecule has 2 fully saturated rings. The fraction of sp³-hybridized carbons (Fsp3) is 0.464. The quantitative estimate of drug-likeness (QED) is 0.500. The molecule has 1 unspecified atom stereocenters. The molecule has 34 heavy (non-hydrogen) atoms. The fourth-order valence-electron chi connectivity index (χ4n) is 4.78. The van der Waals surface area contributed by atoms with E-state index in [0.29, 0.717) is 13.0 Å². The van der Waals surface area contributed by atoms with Crippen molar-refractivity contribution in [3.05, 3.63) is 72.3 Å². The summed E-state index contributed by atoms with van der Waals surface area (Å²) in [5, 5.41) is 0. The highest BCUT2D eigenvalue weighted by Crippen LogP contribution is 2.27. The molecule has 0 spiro atoms. The van der Waals surface area contributed by atoms with Crippen molar-refractivity contribution in [1.29, 1.82) is 0 Å². The second kappa shape index (κ2) is 12.0. The number of methoxy groups -OCH3 is 1. The van der Waals surface area contributed by atoms with Crippen molar-refractivity contribution < 1.29 is 14.3 Å². The molecule has 2 aliphatic rings. The van der Waals surface area contributed by atoms with Crippen LogP contribution in [0.15, 0.2) is 61.2 Å². The smallest absolute Gasteiger partial charge is 0.227 e. The molecule has 6 heteroatoms. The molecule has 2 aromatic rings. The van der Waals surface area contributed by atoms with Crippen LogP contribution in [0.3, 0.4) is 0 Å². The third-order valence-corrected chi connectivity index (χ3v) is 6.79. The fourth-order valence-corrected chi connectivity index (χ4v) is 4.78. The highest BCUT2D eigenvalue weighted by atomic mass is 16.5. The van der Waals surface area contributed by atoms with Gasteiger partial charge < -0.3 is 19.3 Å². The van der Waals surface area contributed by atoms with Gasteiger partial charge >= 0.3 is 0 Å². The molecule has 0 N–H and O–H groups in total. The van der Waals surface area contributed by atoms with Crippen LogP contribution in [-0.2, 0) is 16.0 Å². The Balaban J connectivity index is 1.32. The first-order valence-electron chi connectivity index (χ1n) is 12.4. The van der Waals surface area contributed by atoms with Crippen molar-refractivity contribution in [3.63, 3.8) is 0 Å². The van der Waals surface area contributed by atoms with Gasteiger partial charge in [0.15, 0.2) is 0 Å². The summed E-state index contributed by atoms with van der Waals surface area (Å²) in [6.45, 7) is 10.6. The van der Waals surface area contributed by atoms with Crippen molar-refractivity contribution in [3.8, 4) is 5.75 Å². The highest BCUT2D eigenvalue weighted by Gasteiger charge is 2.25. The van der Waals surface area contributed by atoms with E-state index in [9.17, 15) is 4.79 Å². The molecule has 1 amide bonds. The zero-order valence-corrected chi connectivity index (χ0v) is 20.3. The van der Waals surface area contributed by atoms with Crippen molar-refractivity contribution in [2.75, 3.05) is 64.4 Å². The van der Waals surface area contributed by atoms with Crippen molar-refractivity contribution >= 4 is 11.6 Å². The number of carbonyl (C=O) groups is 1. The van der Waals surface area contributed by atoms with E-state index in [1.54, 1.807) is 7.11 Å². The molecule has 2 aliphatic heterocycles. The van der Waals surface area contributed by atoms with Gasteiger partial charge in [0.05, 0.1) is 26.2 Å². The molecule has 4 rings (SSSR count). The standard InChI is InChI=1S/C28H37N3O3/c1-3-19-34-27(24-7-6-8-25(21-24)30-13-4-5-14-30)22-29-15-17-31(18-16-29)28(32)20-23-9-11-26(33-2)12-10-23/h3,6-12,21,27H,1,4-5,13-20,22H2,2H3. The molecule has 182 valence electrons. The van der Waals surface area contributed by atoms with E-state index in [2.05, 4.69) is 40.6 Å². The minimum Gasteiger partial charge on any atom is -0.497 e. The van der Waals surface area contributed by atoms with E-state index in [1.807, 2.05) is 35.2 Å². The number of amides is 1. The van der Waals surface area contributed by atoms with Crippen LogP contribution in [0, 0.1) is 0 Å². The number of piperazine rings is 1. The summed E-state index contributed by atoms with van der Waals surface area (Å²) in [4.78, 5) is 19.7. The van der Waals surface area contributed by atoms with Crippen LogP contribution in [0.5, 0.6) is 5.75 Å². The predicted octanol–water partition coefficient (Wildman–Crippen LogP) is 3.93. The number of carbonyl (C=O) groups excluding carboxylic acids is 1. The molecule has 0 radical (unpaired) electrons. The molecule has 0 saturated carbocycles. The summed E-state index contributed by atoms with van der Waals surface area (Å²) in [5.74, 6) is 0.992. The molecule has 0 bridgehead atoms. The Labute approximate surface area is 203 Å². The van der Waals surface area contributed by atoms with E-state index >= 15 is 0 Å². The topological polar surface area (TPSA) is 45.3 Å². The lowest BCUT2D eigenvalue weighted by atomic mass is 10.1. The minimum absolute atomic E-state index is 0.0119. The Morgan fingerprint density at radius 2 is 1.76 bits per heavy atom. The lowest BCUT2D eigenvalue weighted by molar-refractivity contribution is -0.132. The summed E-state index contributed by atoms with van der Waals surface area (Å²) in [6.07, 6.45) is 4.76. The van der Waals surface area contributed by atoms with Gasteiger partial charge in [-0.05, 0) is 48.2 Å². The number of anilines is 1. The summed E-state index contributed by atoms with van der Waals surface area (Å²) in [7, 11) is 1.65. The monoisotopic (exact) mass is 463 g/mol. The largest absolute Gasteiger partial charge is 0.497 e. The van der Waals surface area contributed by atoms with Crippen LogP contribution >= 0.6 is 0 Å². The first kappa shape index (κ1) is 24.3. The van der Waals surface area contributed by atoms with Gasteiger partial charge in [0.2, 0.25) is 5.91 Å². The van der Waals surface area contributed by atoms with Crippen molar-refractivity contribution in [2.24, 2.45) is 0 Å². The van der Waals surface area contributed by atoms with Crippen LogP contribution in [0.4, 0.5) is 5.69 Å². The molecule has 2 saturated heterocycles. The van der Waals surface area contributed by atoms with Gasteiger partial charge in [-0.2, -0.15) is 0 Å². The maximum Gasteiger partial charge on any atom is 0.227 e. The predicted molar refractivity (Wildman–Crippen MR) is 136 cm³/mol. The van der Waals surface area contributed by atoms with E-state index in [-0.39, 0.29) is 12.0 Å². The van der Waals surface area contributed by atoms with E-state index in [0.717, 1.165) is 57.1 Å². The Kier molecular flexibility index (Phi) is 8.61. The molecule has 6 nitrogen and oxygen atoms in total. The first-order chi connectivity index (χ1) is 16.7. The Bertz CT molecular complexity index is 932. The zero-order chi connectivity index (χ0) is 23.8. The normalized spacial score (nSPS) is 17.6. The van der Waals surface area contributed by atoms with E-state index in [4.69, 9.17) is 9.47 Å². The van der Waals surface area contributed by atoms with Gasteiger partial charge in [0, 0.05) is 51.5 Å². The summed E-state index contributed by atoms with van der Waals surface area (Å²) in [6, 6.07) is 16.5. The molecule has 2 aromatic carbocycles. The Morgan fingerprint density at radius 3 is 2.44 bits per heavy atom. The Hall–Kier alpha value is -2.83. The number of benzene rings is 2. The Morgan fingerprint density at radius 1 is 1.03 bits per heavy atom. The molecule has 1 atom stereocenters. The maximum atomic E-state index is 12.8. The van der Waals surface area contributed by atoms with Crippen molar-refractivity contribution in [1.82, 2.24) is 9.80 Å². The van der Waals surface area contributed by atoms with Crippen LogP contribution in [0.2, 0.25) is 0 Å². The van der Waals surface area contributed by atoms with Gasteiger partial charge in [0.25, 0.3) is 0 Å². The summed E-state index contributed by atoms with van der Waals surface area (Å²) in [5.41, 5.74) is 3.52. The molecule has 0 aromatic heterocycles. The summed E-state index contributed by atoms with van der Waals surface area (Å²) < 4.78 is 11.4. The third-order valence-electron chi connectivity index (χ3n) is 6.79. The number of rotatable bonds is 10.